The van der Waals surface area contributed by atoms with Gasteiger partial charge < -0.3 is 10.6 Å². The summed E-state index contributed by atoms with van der Waals surface area (Å²) in [5.74, 6) is 0.694. The molecule has 1 saturated heterocycles. The highest BCUT2D eigenvalue weighted by molar-refractivity contribution is 5.78. The van der Waals surface area contributed by atoms with Gasteiger partial charge >= 0.3 is 0 Å². The monoisotopic (exact) mass is 273 g/mol. The summed E-state index contributed by atoms with van der Waals surface area (Å²) in [6, 6.07) is 4.98. The highest BCUT2D eigenvalue weighted by Crippen LogP contribution is 2.19. The van der Waals surface area contributed by atoms with Crippen molar-refractivity contribution in [2.45, 2.75) is 18.9 Å². The van der Waals surface area contributed by atoms with E-state index < -0.39 is 4.92 Å². The molecule has 20 heavy (non-hydrogen) atoms. The number of benzene rings is 1. The molecule has 3 rings (SSSR count). The summed E-state index contributed by atoms with van der Waals surface area (Å²) in [5.41, 5.74) is 1.21. The standard InChI is InChI=1S/C13H15N5O2/c19-18(20)10-3-4-11-12(6-10)15-8-13(17-11)16-7-9-2-1-5-14-9/h3-4,6,8-9,14H,1-2,5,7H2,(H,16,17)/t9-/m1/s1. The molecule has 2 aromatic rings. The van der Waals surface area contributed by atoms with E-state index in [2.05, 4.69) is 20.6 Å². The molecule has 1 fully saturated rings. The molecule has 0 radical (unpaired) electrons. The lowest BCUT2D eigenvalue weighted by Gasteiger charge is -2.11. The Labute approximate surface area is 115 Å². The quantitative estimate of drug-likeness (QED) is 0.650. The lowest BCUT2D eigenvalue weighted by atomic mass is 10.2. The first kappa shape index (κ1) is 12.7. The Kier molecular flexibility index (Phi) is 3.42. The van der Waals surface area contributed by atoms with Gasteiger partial charge in [0, 0.05) is 24.7 Å². The number of hydrogen-bond donors (Lipinski definition) is 2. The first-order chi connectivity index (χ1) is 9.72. The molecule has 1 aromatic carbocycles. The Hall–Kier alpha value is -2.28. The van der Waals surface area contributed by atoms with Crippen LogP contribution in [0.2, 0.25) is 0 Å². The van der Waals surface area contributed by atoms with Gasteiger partial charge in [-0.1, -0.05) is 0 Å². The van der Waals surface area contributed by atoms with Crippen LogP contribution >= 0.6 is 0 Å². The number of aromatic nitrogens is 2. The molecule has 104 valence electrons. The van der Waals surface area contributed by atoms with Crippen LogP contribution in [0.1, 0.15) is 12.8 Å². The Balaban J connectivity index is 1.76. The minimum Gasteiger partial charge on any atom is -0.367 e. The van der Waals surface area contributed by atoms with Crippen LogP contribution in [0.15, 0.2) is 24.4 Å². The van der Waals surface area contributed by atoms with Gasteiger partial charge in [-0.2, -0.15) is 0 Å². The van der Waals surface area contributed by atoms with Crippen LogP contribution in [0.5, 0.6) is 0 Å². The summed E-state index contributed by atoms with van der Waals surface area (Å²) >= 11 is 0. The lowest BCUT2D eigenvalue weighted by Crippen LogP contribution is -2.29. The van der Waals surface area contributed by atoms with Crippen molar-refractivity contribution >= 4 is 22.5 Å². The normalized spacial score (nSPS) is 18.3. The summed E-state index contributed by atoms with van der Waals surface area (Å²) in [7, 11) is 0. The summed E-state index contributed by atoms with van der Waals surface area (Å²) in [6.45, 7) is 1.88. The van der Waals surface area contributed by atoms with E-state index in [9.17, 15) is 10.1 Å². The van der Waals surface area contributed by atoms with Crippen molar-refractivity contribution in [2.24, 2.45) is 0 Å². The fourth-order valence-corrected chi connectivity index (χ4v) is 2.36. The Morgan fingerprint density at radius 1 is 1.45 bits per heavy atom. The zero-order chi connectivity index (χ0) is 13.9. The largest absolute Gasteiger partial charge is 0.367 e. The van der Waals surface area contributed by atoms with Gasteiger partial charge in [-0.05, 0) is 25.5 Å². The summed E-state index contributed by atoms with van der Waals surface area (Å²) in [4.78, 5) is 18.9. The molecule has 7 nitrogen and oxygen atoms in total. The third kappa shape index (κ3) is 2.67. The molecule has 0 aliphatic carbocycles. The van der Waals surface area contributed by atoms with Crippen LogP contribution in [-0.4, -0.2) is 34.0 Å². The Morgan fingerprint density at radius 2 is 2.35 bits per heavy atom. The molecule has 7 heteroatoms. The van der Waals surface area contributed by atoms with Crippen molar-refractivity contribution in [3.8, 4) is 0 Å². The maximum absolute atomic E-state index is 10.7. The second kappa shape index (κ2) is 5.38. The number of nitro groups is 1. The molecule has 0 bridgehead atoms. The third-order valence-electron chi connectivity index (χ3n) is 3.43. The topological polar surface area (TPSA) is 93.0 Å². The predicted molar refractivity (Wildman–Crippen MR) is 75.7 cm³/mol. The van der Waals surface area contributed by atoms with Gasteiger partial charge in [-0.15, -0.1) is 0 Å². The van der Waals surface area contributed by atoms with E-state index in [1.807, 2.05) is 0 Å². The number of anilines is 1. The predicted octanol–water partition coefficient (Wildman–Crippen LogP) is 1.70. The highest BCUT2D eigenvalue weighted by Gasteiger charge is 2.14. The van der Waals surface area contributed by atoms with E-state index in [1.165, 1.54) is 25.0 Å². The second-order valence-corrected chi connectivity index (χ2v) is 4.86. The van der Waals surface area contributed by atoms with Crippen molar-refractivity contribution in [1.82, 2.24) is 15.3 Å². The Bertz CT molecular complexity index is 640. The summed E-state index contributed by atoms with van der Waals surface area (Å²) in [5, 5.41) is 17.3. The van der Waals surface area contributed by atoms with Crippen LogP contribution in [0.4, 0.5) is 11.5 Å². The molecular weight excluding hydrogens is 258 g/mol. The van der Waals surface area contributed by atoms with Crippen molar-refractivity contribution in [1.29, 1.82) is 0 Å². The zero-order valence-electron chi connectivity index (χ0n) is 10.9. The highest BCUT2D eigenvalue weighted by atomic mass is 16.6. The van der Waals surface area contributed by atoms with Gasteiger partial charge in [0.15, 0.2) is 0 Å². The molecular formula is C13H15N5O2. The molecule has 1 aliphatic rings. The van der Waals surface area contributed by atoms with Crippen LogP contribution < -0.4 is 10.6 Å². The van der Waals surface area contributed by atoms with Gasteiger partial charge in [0.2, 0.25) is 0 Å². The number of fused-ring (bicyclic) bond motifs is 1. The number of non-ortho nitro benzene ring substituents is 1. The van der Waals surface area contributed by atoms with Gasteiger partial charge in [0.1, 0.15) is 5.82 Å². The van der Waals surface area contributed by atoms with Crippen LogP contribution in [0.25, 0.3) is 11.0 Å². The van der Waals surface area contributed by atoms with E-state index >= 15 is 0 Å². The van der Waals surface area contributed by atoms with Crippen LogP contribution in [-0.2, 0) is 0 Å². The molecule has 0 unspecified atom stereocenters. The van der Waals surface area contributed by atoms with E-state index in [0.29, 0.717) is 22.9 Å². The number of nitrogens with zero attached hydrogens (tertiary/aromatic N) is 3. The zero-order valence-corrected chi connectivity index (χ0v) is 10.9. The SMILES string of the molecule is O=[N+]([O-])c1ccc2nc(NC[C@H]3CCCN3)cnc2c1. The van der Waals surface area contributed by atoms with Gasteiger partial charge in [0.25, 0.3) is 5.69 Å². The first-order valence-corrected chi connectivity index (χ1v) is 6.61. The fourth-order valence-electron chi connectivity index (χ4n) is 2.36. The van der Waals surface area contributed by atoms with Crippen molar-refractivity contribution in [3.05, 3.63) is 34.5 Å². The molecule has 0 amide bonds. The van der Waals surface area contributed by atoms with Crippen LogP contribution in [0, 0.1) is 10.1 Å². The molecule has 1 atom stereocenters. The summed E-state index contributed by atoms with van der Waals surface area (Å²) < 4.78 is 0. The number of nitro benzene ring substituents is 1. The van der Waals surface area contributed by atoms with Crippen molar-refractivity contribution in [3.63, 3.8) is 0 Å². The van der Waals surface area contributed by atoms with E-state index in [1.54, 1.807) is 12.3 Å². The second-order valence-electron chi connectivity index (χ2n) is 4.86. The molecule has 1 aliphatic heterocycles. The number of nitrogens with one attached hydrogen (secondary N) is 2. The molecule has 0 saturated carbocycles. The molecule has 0 spiro atoms. The summed E-state index contributed by atoms with van der Waals surface area (Å²) in [6.07, 6.45) is 3.99. The first-order valence-electron chi connectivity index (χ1n) is 6.61. The average molecular weight is 273 g/mol. The third-order valence-corrected chi connectivity index (χ3v) is 3.43. The van der Waals surface area contributed by atoms with Crippen molar-refractivity contribution < 1.29 is 4.92 Å². The molecule has 1 aromatic heterocycles. The lowest BCUT2D eigenvalue weighted by molar-refractivity contribution is -0.384. The smallest absolute Gasteiger partial charge is 0.271 e. The average Bonchev–Trinajstić information content (AvgIpc) is 2.97. The maximum Gasteiger partial charge on any atom is 0.271 e. The van der Waals surface area contributed by atoms with E-state index in [4.69, 9.17) is 0 Å². The van der Waals surface area contributed by atoms with Crippen molar-refractivity contribution in [2.75, 3.05) is 18.4 Å². The number of rotatable bonds is 4. The van der Waals surface area contributed by atoms with E-state index in [-0.39, 0.29) is 5.69 Å². The van der Waals surface area contributed by atoms with Gasteiger partial charge in [0.05, 0.1) is 22.2 Å². The minimum absolute atomic E-state index is 0.0302. The molecule has 2 N–H and O–H groups in total. The van der Waals surface area contributed by atoms with Gasteiger partial charge in [-0.25, -0.2) is 4.98 Å². The number of hydrogen-bond acceptors (Lipinski definition) is 6. The molecule has 2 heterocycles. The fraction of sp³-hybridized carbons (Fsp3) is 0.385. The van der Waals surface area contributed by atoms with E-state index in [0.717, 1.165) is 13.1 Å². The van der Waals surface area contributed by atoms with Crippen LogP contribution in [0.3, 0.4) is 0 Å². The maximum atomic E-state index is 10.7. The Morgan fingerprint density at radius 3 is 3.10 bits per heavy atom. The minimum atomic E-state index is -0.432. The van der Waals surface area contributed by atoms with Gasteiger partial charge in [-0.3, -0.25) is 15.1 Å².